The first-order chi connectivity index (χ1) is 10.0. The summed E-state index contributed by atoms with van der Waals surface area (Å²) < 4.78 is 26.7. The van der Waals surface area contributed by atoms with Crippen molar-refractivity contribution < 1.29 is 8.42 Å². The fourth-order valence-corrected chi connectivity index (χ4v) is 2.99. The van der Waals surface area contributed by atoms with E-state index >= 15 is 0 Å². The van der Waals surface area contributed by atoms with Crippen molar-refractivity contribution in [2.75, 3.05) is 10.5 Å². The zero-order chi connectivity index (χ0) is 15.3. The predicted molar refractivity (Wildman–Crippen MR) is 81.2 cm³/mol. The first-order valence-electron chi connectivity index (χ1n) is 6.42. The van der Waals surface area contributed by atoms with E-state index in [1.807, 2.05) is 12.1 Å². The molecular weight excluding hydrogens is 286 g/mol. The monoisotopic (exact) mass is 301 g/mol. The van der Waals surface area contributed by atoms with E-state index < -0.39 is 10.0 Å². The molecule has 1 N–H and O–H groups in total. The van der Waals surface area contributed by atoms with Crippen molar-refractivity contribution in [1.29, 1.82) is 5.26 Å². The Morgan fingerprint density at radius 1 is 1.24 bits per heavy atom. The van der Waals surface area contributed by atoms with Gasteiger partial charge in [-0.2, -0.15) is 5.26 Å². The topological polar surface area (TPSA) is 82.8 Å². The standard InChI is InChI=1S/C15H15N3O2S/c1-12-5-4-7-15(14(12)11-16)18-21(19,20)10-8-13-6-2-3-9-17-13/h2-7,9,18H,8,10H2,1H3. The van der Waals surface area contributed by atoms with Crippen LogP contribution in [0.5, 0.6) is 0 Å². The van der Waals surface area contributed by atoms with Crippen LogP contribution in [0.2, 0.25) is 0 Å². The van der Waals surface area contributed by atoms with Crippen LogP contribution in [-0.4, -0.2) is 19.2 Å². The van der Waals surface area contributed by atoms with Crippen LogP contribution >= 0.6 is 0 Å². The van der Waals surface area contributed by atoms with Crippen molar-refractivity contribution in [3.8, 4) is 6.07 Å². The summed E-state index contributed by atoms with van der Waals surface area (Å²) in [7, 11) is -3.52. The second-order valence-electron chi connectivity index (χ2n) is 4.60. The van der Waals surface area contributed by atoms with Gasteiger partial charge in [0.2, 0.25) is 10.0 Å². The molecule has 2 rings (SSSR count). The van der Waals surface area contributed by atoms with Crippen LogP contribution in [0, 0.1) is 18.3 Å². The molecule has 5 nitrogen and oxygen atoms in total. The molecule has 0 aliphatic heterocycles. The molecule has 0 saturated heterocycles. The fourth-order valence-electron chi connectivity index (χ4n) is 1.90. The molecule has 0 fully saturated rings. The number of benzene rings is 1. The van der Waals surface area contributed by atoms with Crippen molar-refractivity contribution in [2.45, 2.75) is 13.3 Å². The highest BCUT2D eigenvalue weighted by molar-refractivity contribution is 7.92. The number of sulfonamides is 1. The Bertz CT molecular complexity index is 765. The Kier molecular flexibility index (Phi) is 4.55. The SMILES string of the molecule is Cc1cccc(NS(=O)(=O)CCc2ccccn2)c1C#N. The van der Waals surface area contributed by atoms with Gasteiger partial charge in [-0.1, -0.05) is 18.2 Å². The normalized spacial score (nSPS) is 10.9. The maximum absolute atomic E-state index is 12.1. The summed E-state index contributed by atoms with van der Waals surface area (Å²) in [5.41, 5.74) is 2.12. The number of aryl methyl sites for hydroxylation is 2. The van der Waals surface area contributed by atoms with Crippen molar-refractivity contribution in [2.24, 2.45) is 0 Å². The number of rotatable bonds is 5. The lowest BCUT2D eigenvalue weighted by Gasteiger charge is -2.10. The number of aromatic nitrogens is 1. The van der Waals surface area contributed by atoms with Gasteiger partial charge in [-0.3, -0.25) is 9.71 Å². The molecule has 0 radical (unpaired) electrons. The second kappa shape index (κ2) is 6.37. The minimum absolute atomic E-state index is 0.0805. The van der Waals surface area contributed by atoms with Gasteiger partial charge in [0, 0.05) is 18.3 Å². The zero-order valence-electron chi connectivity index (χ0n) is 11.6. The van der Waals surface area contributed by atoms with Gasteiger partial charge in [-0.15, -0.1) is 0 Å². The fraction of sp³-hybridized carbons (Fsp3) is 0.200. The largest absolute Gasteiger partial charge is 0.282 e. The minimum atomic E-state index is -3.52. The number of pyridine rings is 1. The zero-order valence-corrected chi connectivity index (χ0v) is 12.4. The third kappa shape index (κ3) is 4.04. The Morgan fingerprint density at radius 2 is 2.05 bits per heavy atom. The van der Waals surface area contributed by atoms with Crippen LogP contribution in [0.1, 0.15) is 16.8 Å². The Balaban J connectivity index is 2.12. The van der Waals surface area contributed by atoms with Crippen LogP contribution in [0.15, 0.2) is 42.6 Å². The third-order valence-corrected chi connectivity index (χ3v) is 4.28. The van der Waals surface area contributed by atoms with E-state index in [0.29, 0.717) is 23.4 Å². The Labute approximate surface area is 124 Å². The van der Waals surface area contributed by atoms with Gasteiger partial charge in [-0.25, -0.2) is 8.42 Å². The van der Waals surface area contributed by atoms with Crippen molar-refractivity contribution in [3.63, 3.8) is 0 Å². The van der Waals surface area contributed by atoms with Crippen LogP contribution in [0.4, 0.5) is 5.69 Å². The number of anilines is 1. The molecule has 0 spiro atoms. The van der Waals surface area contributed by atoms with Crippen molar-refractivity contribution in [3.05, 3.63) is 59.4 Å². The summed E-state index contributed by atoms with van der Waals surface area (Å²) in [5.74, 6) is -0.0805. The minimum Gasteiger partial charge on any atom is -0.282 e. The molecule has 1 heterocycles. The average Bonchev–Trinajstić information content (AvgIpc) is 2.46. The van der Waals surface area contributed by atoms with Crippen molar-refractivity contribution >= 4 is 15.7 Å². The number of hydrogen-bond acceptors (Lipinski definition) is 4. The van der Waals surface area contributed by atoms with Gasteiger partial charge in [-0.05, 0) is 30.7 Å². The lowest BCUT2D eigenvalue weighted by Crippen LogP contribution is -2.19. The van der Waals surface area contributed by atoms with Crippen LogP contribution < -0.4 is 4.72 Å². The van der Waals surface area contributed by atoms with E-state index in [9.17, 15) is 8.42 Å². The van der Waals surface area contributed by atoms with Gasteiger partial charge in [0.1, 0.15) is 6.07 Å². The first-order valence-corrected chi connectivity index (χ1v) is 8.07. The quantitative estimate of drug-likeness (QED) is 0.918. The average molecular weight is 301 g/mol. The smallest absolute Gasteiger partial charge is 0.233 e. The molecule has 0 amide bonds. The molecule has 0 unspecified atom stereocenters. The third-order valence-electron chi connectivity index (χ3n) is 3.00. The summed E-state index contributed by atoms with van der Waals surface area (Å²) in [6, 6.07) is 12.5. The first kappa shape index (κ1) is 15.0. The predicted octanol–water partition coefficient (Wildman–Crippen LogP) is 2.25. The highest BCUT2D eigenvalue weighted by atomic mass is 32.2. The van der Waals surface area contributed by atoms with Gasteiger partial charge in [0.15, 0.2) is 0 Å². The molecule has 108 valence electrons. The Hall–Kier alpha value is -2.39. The van der Waals surface area contributed by atoms with E-state index in [0.717, 1.165) is 5.56 Å². The molecule has 6 heteroatoms. The molecule has 2 aromatic rings. The Morgan fingerprint density at radius 3 is 2.71 bits per heavy atom. The summed E-state index contributed by atoms with van der Waals surface area (Å²) >= 11 is 0. The van der Waals surface area contributed by atoms with Gasteiger partial charge in [0.25, 0.3) is 0 Å². The molecule has 0 atom stereocenters. The highest BCUT2D eigenvalue weighted by Crippen LogP contribution is 2.19. The molecule has 0 aliphatic carbocycles. The second-order valence-corrected chi connectivity index (χ2v) is 6.44. The van der Waals surface area contributed by atoms with Crippen molar-refractivity contribution in [1.82, 2.24) is 4.98 Å². The van der Waals surface area contributed by atoms with E-state index in [1.165, 1.54) is 0 Å². The number of hydrogen-bond donors (Lipinski definition) is 1. The van der Waals surface area contributed by atoms with E-state index in [1.54, 1.807) is 43.5 Å². The summed E-state index contributed by atoms with van der Waals surface area (Å²) in [5, 5.41) is 9.11. The van der Waals surface area contributed by atoms with Crippen LogP contribution in [-0.2, 0) is 16.4 Å². The number of nitrogens with zero attached hydrogens (tertiary/aromatic N) is 2. The maximum atomic E-state index is 12.1. The lowest BCUT2D eigenvalue weighted by molar-refractivity contribution is 0.600. The van der Waals surface area contributed by atoms with Crippen LogP contribution in [0.25, 0.3) is 0 Å². The van der Waals surface area contributed by atoms with E-state index in [2.05, 4.69) is 9.71 Å². The summed E-state index contributed by atoms with van der Waals surface area (Å²) in [4.78, 5) is 4.09. The number of nitriles is 1. The molecular formula is C15H15N3O2S. The highest BCUT2D eigenvalue weighted by Gasteiger charge is 2.14. The molecule has 21 heavy (non-hydrogen) atoms. The molecule has 0 bridgehead atoms. The molecule has 1 aromatic carbocycles. The molecule has 0 saturated carbocycles. The summed E-state index contributed by atoms with van der Waals surface area (Å²) in [6.45, 7) is 1.77. The summed E-state index contributed by atoms with van der Waals surface area (Å²) in [6.07, 6.45) is 1.95. The maximum Gasteiger partial charge on any atom is 0.233 e. The van der Waals surface area contributed by atoms with E-state index in [4.69, 9.17) is 5.26 Å². The van der Waals surface area contributed by atoms with Crippen LogP contribution in [0.3, 0.4) is 0 Å². The number of nitrogens with one attached hydrogen (secondary N) is 1. The van der Waals surface area contributed by atoms with Gasteiger partial charge in [0.05, 0.1) is 17.0 Å². The van der Waals surface area contributed by atoms with E-state index in [-0.39, 0.29) is 5.75 Å². The van der Waals surface area contributed by atoms with Gasteiger partial charge >= 0.3 is 0 Å². The molecule has 1 aromatic heterocycles. The lowest BCUT2D eigenvalue weighted by atomic mass is 10.1. The molecule has 0 aliphatic rings. The van der Waals surface area contributed by atoms with Gasteiger partial charge < -0.3 is 0 Å².